The maximum atomic E-state index is 13.1. The molecule has 1 amide bonds. The number of carbonyl (C=O) groups excluding carboxylic acids is 1. The largest absolute Gasteiger partial charge is 0.348 e. The Kier molecular flexibility index (Phi) is 2.80. The lowest BCUT2D eigenvalue weighted by molar-refractivity contribution is 0.0945. The Labute approximate surface area is 122 Å². The van der Waals surface area contributed by atoms with E-state index in [0.717, 1.165) is 37.1 Å². The second-order valence-electron chi connectivity index (χ2n) is 5.86. The predicted molar refractivity (Wildman–Crippen MR) is 76.0 cm³/mol. The van der Waals surface area contributed by atoms with Crippen molar-refractivity contribution in [1.29, 1.82) is 0 Å². The number of nitrogens with zero attached hydrogens (tertiary/aromatic N) is 2. The maximum Gasteiger partial charge on any atom is 0.272 e. The van der Waals surface area contributed by atoms with Crippen LogP contribution in [0, 0.1) is 5.82 Å². The Morgan fingerprint density at radius 3 is 2.52 bits per heavy atom. The van der Waals surface area contributed by atoms with E-state index in [-0.39, 0.29) is 11.7 Å². The third-order valence-electron chi connectivity index (χ3n) is 3.95. The second-order valence-corrected chi connectivity index (χ2v) is 5.86. The van der Waals surface area contributed by atoms with Crippen molar-refractivity contribution in [2.75, 3.05) is 0 Å². The van der Waals surface area contributed by atoms with Crippen molar-refractivity contribution in [2.45, 2.75) is 37.6 Å². The van der Waals surface area contributed by atoms with E-state index in [1.165, 1.54) is 12.1 Å². The quantitative estimate of drug-likeness (QED) is 0.939. The number of aromatic nitrogens is 2. The molecule has 2 aliphatic rings. The highest BCUT2D eigenvalue weighted by molar-refractivity contribution is 5.92. The minimum Gasteiger partial charge on any atom is -0.348 e. The van der Waals surface area contributed by atoms with E-state index in [0.29, 0.717) is 17.7 Å². The zero-order valence-corrected chi connectivity index (χ0v) is 11.6. The summed E-state index contributed by atoms with van der Waals surface area (Å²) in [6.07, 6.45) is 4.35. The summed E-state index contributed by atoms with van der Waals surface area (Å²) in [5.41, 5.74) is 2.29. The molecular weight excluding hydrogens is 269 g/mol. The molecule has 0 saturated heterocycles. The number of hydrogen-bond acceptors (Lipinski definition) is 2. The molecule has 0 atom stereocenters. The Hall–Kier alpha value is -2.17. The standard InChI is InChI=1S/C16H16FN3O/c17-11-3-7-13(8-4-11)20-15(10-1-2-10)9-14(19-20)16(21)18-12-5-6-12/h3-4,7-10,12H,1-2,5-6H2,(H,18,21). The topological polar surface area (TPSA) is 46.9 Å². The van der Waals surface area contributed by atoms with Crippen molar-refractivity contribution in [1.82, 2.24) is 15.1 Å². The van der Waals surface area contributed by atoms with Gasteiger partial charge in [-0.3, -0.25) is 4.79 Å². The molecule has 4 nitrogen and oxygen atoms in total. The van der Waals surface area contributed by atoms with Gasteiger partial charge in [0.05, 0.1) is 5.69 Å². The van der Waals surface area contributed by atoms with E-state index in [4.69, 9.17) is 0 Å². The molecule has 1 N–H and O–H groups in total. The van der Waals surface area contributed by atoms with Gasteiger partial charge in [0.1, 0.15) is 5.82 Å². The molecular formula is C16H16FN3O. The first-order valence-corrected chi connectivity index (χ1v) is 7.37. The molecule has 21 heavy (non-hydrogen) atoms. The summed E-state index contributed by atoms with van der Waals surface area (Å²) in [6, 6.07) is 8.40. The number of nitrogens with one attached hydrogen (secondary N) is 1. The van der Waals surface area contributed by atoms with Crippen molar-refractivity contribution < 1.29 is 9.18 Å². The SMILES string of the molecule is O=C(NC1CC1)c1cc(C2CC2)n(-c2ccc(F)cc2)n1. The van der Waals surface area contributed by atoms with Crippen LogP contribution >= 0.6 is 0 Å². The first-order valence-electron chi connectivity index (χ1n) is 7.37. The van der Waals surface area contributed by atoms with Gasteiger partial charge in [-0.05, 0) is 56.0 Å². The predicted octanol–water partition coefficient (Wildman–Crippen LogP) is 2.78. The maximum absolute atomic E-state index is 13.1. The minimum absolute atomic E-state index is 0.111. The number of hydrogen-bond donors (Lipinski definition) is 1. The summed E-state index contributed by atoms with van der Waals surface area (Å²) in [5, 5.41) is 7.39. The first-order chi connectivity index (χ1) is 10.2. The molecule has 0 unspecified atom stereocenters. The minimum atomic E-state index is -0.273. The van der Waals surface area contributed by atoms with Gasteiger partial charge in [-0.1, -0.05) is 0 Å². The van der Waals surface area contributed by atoms with Gasteiger partial charge < -0.3 is 5.32 Å². The molecule has 0 spiro atoms. The van der Waals surface area contributed by atoms with Gasteiger partial charge in [0.25, 0.3) is 5.91 Å². The molecule has 1 aromatic heterocycles. The van der Waals surface area contributed by atoms with Crippen LogP contribution in [-0.2, 0) is 0 Å². The van der Waals surface area contributed by atoms with Crippen LogP contribution < -0.4 is 5.32 Å². The van der Waals surface area contributed by atoms with Crippen LogP contribution in [0.2, 0.25) is 0 Å². The molecule has 2 aliphatic carbocycles. The number of halogens is 1. The molecule has 0 radical (unpaired) electrons. The fourth-order valence-corrected chi connectivity index (χ4v) is 2.45. The number of rotatable bonds is 4. The number of amides is 1. The molecule has 0 bridgehead atoms. The molecule has 1 aromatic carbocycles. The smallest absolute Gasteiger partial charge is 0.272 e. The zero-order chi connectivity index (χ0) is 14.4. The van der Waals surface area contributed by atoms with E-state index in [1.807, 2.05) is 6.07 Å². The van der Waals surface area contributed by atoms with E-state index >= 15 is 0 Å². The van der Waals surface area contributed by atoms with Crippen molar-refractivity contribution in [2.24, 2.45) is 0 Å². The highest BCUT2D eigenvalue weighted by Crippen LogP contribution is 2.41. The molecule has 2 aromatic rings. The monoisotopic (exact) mass is 285 g/mol. The lowest BCUT2D eigenvalue weighted by Crippen LogP contribution is -2.25. The van der Waals surface area contributed by atoms with E-state index in [2.05, 4.69) is 10.4 Å². The third-order valence-corrected chi connectivity index (χ3v) is 3.95. The molecule has 1 heterocycles. The number of benzene rings is 1. The van der Waals surface area contributed by atoms with Crippen LogP contribution in [0.25, 0.3) is 5.69 Å². The van der Waals surface area contributed by atoms with Gasteiger partial charge in [0.15, 0.2) is 5.69 Å². The second kappa shape index (κ2) is 4.69. The van der Waals surface area contributed by atoms with E-state index in [9.17, 15) is 9.18 Å². The highest BCUT2D eigenvalue weighted by Gasteiger charge is 2.31. The van der Waals surface area contributed by atoms with Crippen molar-refractivity contribution in [3.05, 3.63) is 47.5 Å². The normalized spacial score (nSPS) is 17.8. The van der Waals surface area contributed by atoms with Crippen LogP contribution in [0.3, 0.4) is 0 Å². The van der Waals surface area contributed by atoms with Crippen LogP contribution in [0.1, 0.15) is 47.8 Å². The van der Waals surface area contributed by atoms with Crippen molar-refractivity contribution >= 4 is 5.91 Å². The van der Waals surface area contributed by atoms with Crippen LogP contribution in [0.15, 0.2) is 30.3 Å². The van der Waals surface area contributed by atoms with Crippen LogP contribution in [0.5, 0.6) is 0 Å². The summed E-state index contributed by atoms with van der Waals surface area (Å²) in [7, 11) is 0. The molecule has 2 fully saturated rings. The summed E-state index contributed by atoms with van der Waals surface area (Å²) in [6.45, 7) is 0. The van der Waals surface area contributed by atoms with Gasteiger partial charge in [0, 0.05) is 17.7 Å². The number of carbonyl (C=O) groups is 1. The molecule has 4 rings (SSSR count). The van der Waals surface area contributed by atoms with Gasteiger partial charge in [-0.2, -0.15) is 5.10 Å². The van der Waals surface area contributed by atoms with E-state index in [1.54, 1.807) is 16.8 Å². The summed E-state index contributed by atoms with van der Waals surface area (Å²) < 4.78 is 14.8. The van der Waals surface area contributed by atoms with Crippen molar-refractivity contribution in [3.8, 4) is 5.69 Å². The van der Waals surface area contributed by atoms with Gasteiger partial charge in [0.2, 0.25) is 0 Å². The Balaban J connectivity index is 1.69. The molecule has 5 heteroatoms. The first kappa shape index (κ1) is 12.6. The van der Waals surface area contributed by atoms with Crippen LogP contribution in [-0.4, -0.2) is 21.7 Å². The van der Waals surface area contributed by atoms with Gasteiger partial charge in [-0.15, -0.1) is 0 Å². The van der Waals surface area contributed by atoms with E-state index < -0.39 is 0 Å². The van der Waals surface area contributed by atoms with Crippen LogP contribution in [0.4, 0.5) is 4.39 Å². The molecule has 0 aliphatic heterocycles. The van der Waals surface area contributed by atoms with Gasteiger partial charge in [-0.25, -0.2) is 9.07 Å². The lowest BCUT2D eigenvalue weighted by atomic mass is 10.2. The Bertz CT molecular complexity index is 684. The van der Waals surface area contributed by atoms with Crippen molar-refractivity contribution in [3.63, 3.8) is 0 Å². The summed E-state index contributed by atoms with van der Waals surface area (Å²) >= 11 is 0. The average Bonchev–Trinajstić information content (AvgIpc) is 3.40. The molecule has 108 valence electrons. The zero-order valence-electron chi connectivity index (χ0n) is 11.6. The lowest BCUT2D eigenvalue weighted by Gasteiger charge is -2.06. The van der Waals surface area contributed by atoms with Gasteiger partial charge >= 0.3 is 0 Å². The summed E-state index contributed by atoms with van der Waals surface area (Å²) in [5.74, 6) is 0.0795. The summed E-state index contributed by atoms with van der Waals surface area (Å²) in [4.78, 5) is 12.1. The Morgan fingerprint density at radius 1 is 1.19 bits per heavy atom. The Morgan fingerprint density at radius 2 is 1.90 bits per heavy atom. The fourth-order valence-electron chi connectivity index (χ4n) is 2.45. The highest BCUT2D eigenvalue weighted by atomic mass is 19.1. The molecule has 2 saturated carbocycles. The fraction of sp³-hybridized carbons (Fsp3) is 0.375. The average molecular weight is 285 g/mol. The third kappa shape index (κ3) is 2.55.